The van der Waals surface area contributed by atoms with E-state index >= 15 is 0 Å². The Labute approximate surface area is 208 Å². The Morgan fingerprint density at radius 3 is 2.52 bits per heavy atom. The number of carbonyl (C=O) groups excluding carboxylic acids is 1. The molecule has 0 spiro atoms. The number of ether oxygens (including phenoxy) is 3. The van der Waals surface area contributed by atoms with Gasteiger partial charge in [-0.05, 0) is 72.4 Å². The number of hydrogen-bond acceptors (Lipinski definition) is 4. The van der Waals surface area contributed by atoms with E-state index in [1.165, 1.54) is 0 Å². The summed E-state index contributed by atoms with van der Waals surface area (Å²) < 4.78 is 18.0. The van der Waals surface area contributed by atoms with Crippen LogP contribution in [0.25, 0.3) is 10.9 Å². The summed E-state index contributed by atoms with van der Waals surface area (Å²) in [6.07, 6.45) is 1.27. The summed E-state index contributed by atoms with van der Waals surface area (Å²) in [5, 5.41) is 1.52. The number of aryl methyl sites for hydroxylation is 2. The smallest absolute Gasteiger partial charge is 0.195 e. The van der Waals surface area contributed by atoms with Gasteiger partial charge in [-0.25, -0.2) is 0 Å². The zero-order valence-electron chi connectivity index (χ0n) is 19.6. The number of aromatic amines is 1. The summed E-state index contributed by atoms with van der Waals surface area (Å²) in [7, 11) is 0. The minimum Gasteiger partial charge on any atom is -0.490 e. The number of fused-ring (bicyclic) bond motifs is 1. The average Bonchev–Trinajstić information content (AvgIpc) is 3.18. The van der Waals surface area contributed by atoms with Crippen molar-refractivity contribution in [2.24, 2.45) is 0 Å². The predicted octanol–water partition coefficient (Wildman–Crippen LogP) is 6.76. The second-order valence-corrected chi connectivity index (χ2v) is 8.98. The highest BCUT2D eigenvalue weighted by molar-refractivity contribution is 9.10. The van der Waals surface area contributed by atoms with Crippen molar-refractivity contribution in [2.45, 2.75) is 46.6 Å². The second kappa shape index (κ2) is 12.0. The van der Waals surface area contributed by atoms with Crippen molar-refractivity contribution in [3.63, 3.8) is 0 Å². The maximum Gasteiger partial charge on any atom is 0.195 e. The molecule has 2 aromatic carbocycles. The van der Waals surface area contributed by atoms with Gasteiger partial charge in [-0.15, -0.1) is 0 Å². The summed E-state index contributed by atoms with van der Waals surface area (Å²) in [6.45, 7) is 10.0. The first kappa shape index (κ1) is 25.8. The number of ketones is 1. The lowest BCUT2D eigenvalue weighted by Gasteiger charge is -2.19. The Balaban J connectivity index is 1.93. The van der Waals surface area contributed by atoms with E-state index in [0.29, 0.717) is 54.7 Å². The Morgan fingerprint density at radius 2 is 1.85 bits per heavy atom. The molecule has 0 aliphatic rings. The molecular weight excluding hydrogens is 506 g/mol. The highest BCUT2D eigenvalue weighted by Gasteiger charge is 2.23. The quantitative estimate of drug-likeness (QED) is 0.260. The molecule has 1 N–H and O–H groups in total. The molecule has 1 heterocycles. The van der Waals surface area contributed by atoms with Crippen molar-refractivity contribution in [1.29, 1.82) is 0 Å². The van der Waals surface area contributed by atoms with Crippen molar-refractivity contribution < 1.29 is 19.0 Å². The number of halogens is 2. The molecule has 0 aliphatic heterocycles. The Morgan fingerprint density at radius 1 is 1.06 bits per heavy atom. The SMILES string of the molecule is CCOC[C@H](COc1cc(CC)c(C(=O)c2c(CC)[nH]c3cc(Cl)ccc23)cc1Br)OCC. The molecule has 0 radical (unpaired) electrons. The van der Waals surface area contributed by atoms with Gasteiger partial charge in [-0.1, -0.05) is 31.5 Å². The van der Waals surface area contributed by atoms with Crippen molar-refractivity contribution in [3.05, 3.63) is 62.2 Å². The first-order valence-corrected chi connectivity index (χ1v) is 12.6. The van der Waals surface area contributed by atoms with Gasteiger partial charge < -0.3 is 19.2 Å². The van der Waals surface area contributed by atoms with Crippen LogP contribution in [0.4, 0.5) is 0 Å². The van der Waals surface area contributed by atoms with Gasteiger partial charge in [0.25, 0.3) is 0 Å². The lowest BCUT2D eigenvalue weighted by atomic mass is 9.94. The van der Waals surface area contributed by atoms with Crippen molar-refractivity contribution in [1.82, 2.24) is 4.98 Å². The highest BCUT2D eigenvalue weighted by atomic mass is 79.9. The third-order valence-electron chi connectivity index (χ3n) is 5.54. The molecular formula is C26H31BrClNO4. The minimum absolute atomic E-state index is 0.00642. The van der Waals surface area contributed by atoms with Gasteiger partial charge in [0, 0.05) is 40.4 Å². The third kappa shape index (κ3) is 5.99. The van der Waals surface area contributed by atoms with Crippen molar-refractivity contribution in [2.75, 3.05) is 26.4 Å². The monoisotopic (exact) mass is 535 g/mol. The first-order valence-electron chi connectivity index (χ1n) is 11.4. The van der Waals surface area contributed by atoms with Gasteiger partial charge in [0.05, 0.1) is 16.6 Å². The Hall–Kier alpha value is -1.86. The number of rotatable bonds is 12. The zero-order chi connectivity index (χ0) is 24.0. The molecule has 5 nitrogen and oxygen atoms in total. The number of nitrogens with one attached hydrogen (secondary N) is 1. The number of aromatic nitrogens is 1. The van der Waals surface area contributed by atoms with Crippen LogP contribution in [0.2, 0.25) is 5.02 Å². The van der Waals surface area contributed by atoms with Gasteiger partial charge in [-0.2, -0.15) is 0 Å². The highest BCUT2D eigenvalue weighted by Crippen LogP contribution is 2.33. The van der Waals surface area contributed by atoms with E-state index in [9.17, 15) is 4.79 Å². The summed E-state index contributed by atoms with van der Waals surface area (Å²) in [5.41, 5.74) is 4.08. The van der Waals surface area contributed by atoms with E-state index < -0.39 is 0 Å². The number of hydrogen-bond donors (Lipinski definition) is 1. The average molecular weight is 537 g/mol. The van der Waals surface area contributed by atoms with Crippen LogP contribution >= 0.6 is 27.5 Å². The molecule has 3 aromatic rings. The van der Waals surface area contributed by atoms with Crippen LogP contribution < -0.4 is 4.74 Å². The van der Waals surface area contributed by atoms with Gasteiger partial charge >= 0.3 is 0 Å². The Bertz CT molecular complexity index is 1110. The van der Waals surface area contributed by atoms with Crippen molar-refractivity contribution in [3.8, 4) is 5.75 Å². The van der Waals surface area contributed by atoms with Gasteiger partial charge in [0.1, 0.15) is 18.5 Å². The summed E-state index contributed by atoms with van der Waals surface area (Å²) in [6, 6.07) is 9.39. The molecule has 0 amide bonds. The molecule has 0 unspecified atom stereocenters. The fourth-order valence-corrected chi connectivity index (χ4v) is 4.54. The van der Waals surface area contributed by atoms with Crippen LogP contribution in [0.5, 0.6) is 5.75 Å². The molecule has 0 bridgehead atoms. The van der Waals surface area contributed by atoms with Crippen LogP contribution in [0, 0.1) is 0 Å². The van der Waals surface area contributed by atoms with E-state index in [0.717, 1.165) is 33.1 Å². The van der Waals surface area contributed by atoms with E-state index in [-0.39, 0.29) is 11.9 Å². The van der Waals surface area contributed by atoms with E-state index in [2.05, 4.69) is 20.9 Å². The number of benzene rings is 2. The van der Waals surface area contributed by atoms with E-state index in [1.807, 2.05) is 58.0 Å². The topological polar surface area (TPSA) is 60.5 Å². The van der Waals surface area contributed by atoms with Crippen LogP contribution in [-0.4, -0.2) is 43.3 Å². The number of H-pyrrole nitrogens is 1. The molecule has 0 saturated carbocycles. The zero-order valence-corrected chi connectivity index (χ0v) is 21.9. The first-order chi connectivity index (χ1) is 15.9. The fraction of sp³-hybridized carbons (Fsp3) is 0.423. The molecule has 178 valence electrons. The van der Waals surface area contributed by atoms with Crippen LogP contribution in [0.15, 0.2) is 34.8 Å². The minimum atomic E-state index is -0.154. The maximum atomic E-state index is 13.7. The number of carbonyl (C=O) groups is 1. The molecule has 0 fully saturated rings. The summed E-state index contributed by atoms with van der Waals surface area (Å²) in [5.74, 6) is 0.680. The van der Waals surface area contributed by atoms with Gasteiger partial charge in [-0.3, -0.25) is 4.79 Å². The molecule has 33 heavy (non-hydrogen) atoms. The maximum absolute atomic E-state index is 13.7. The van der Waals surface area contributed by atoms with Gasteiger partial charge in [0.2, 0.25) is 0 Å². The molecule has 0 aliphatic carbocycles. The summed E-state index contributed by atoms with van der Waals surface area (Å²) in [4.78, 5) is 17.1. The molecule has 1 aromatic heterocycles. The molecule has 1 atom stereocenters. The van der Waals surface area contributed by atoms with Gasteiger partial charge in [0.15, 0.2) is 5.78 Å². The van der Waals surface area contributed by atoms with Crippen molar-refractivity contribution >= 4 is 44.2 Å². The van der Waals surface area contributed by atoms with Crippen LogP contribution in [0.1, 0.15) is 54.9 Å². The van der Waals surface area contributed by atoms with E-state index in [4.69, 9.17) is 25.8 Å². The molecule has 7 heteroatoms. The second-order valence-electron chi connectivity index (χ2n) is 7.69. The van der Waals surface area contributed by atoms with E-state index in [1.54, 1.807) is 0 Å². The molecule has 0 saturated heterocycles. The summed E-state index contributed by atoms with van der Waals surface area (Å²) >= 11 is 9.77. The van der Waals surface area contributed by atoms with Crippen LogP contribution in [-0.2, 0) is 22.3 Å². The predicted molar refractivity (Wildman–Crippen MR) is 137 cm³/mol. The molecule has 3 rings (SSSR count). The fourth-order valence-electron chi connectivity index (χ4n) is 3.91. The lowest BCUT2D eigenvalue weighted by molar-refractivity contribution is -0.0303. The standard InChI is InChI=1S/C26H31BrClNO4/c1-5-16-11-24(33-15-18(32-8-4)14-31-7-3)21(27)13-20(16)26(30)25-19-10-9-17(28)12-23(19)29-22(25)6-2/h9-13,18,29H,5-8,14-15H2,1-4H3/t18-/m1/s1. The normalized spacial score (nSPS) is 12.3. The van der Waals surface area contributed by atoms with Crippen LogP contribution in [0.3, 0.4) is 0 Å². The third-order valence-corrected chi connectivity index (χ3v) is 6.39. The largest absolute Gasteiger partial charge is 0.490 e. The Kier molecular flexibility index (Phi) is 9.38. The lowest BCUT2D eigenvalue weighted by Crippen LogP contribution is -2.27.